The fourth-order valence-corrected chi connectivity index (χ4v) is 3.10. The minimum absolute atomic E-state index is 0.114. The molecule has 1 aliphatic rings. The lowest BCUT2D eigenvalue weighted by atomic mass is 10.3. The van der Waals surface area contributed by atoms with Crippen molar-refractivity contribution < 1.29 is 17.9 Å². The van der Waals surface area contributed by atoms with Crippen molar-refractivity contribution in [3.63, 3.8) is 0 Å². The Morgan fingerprint density at radius 1 is 1.15 bits per heavy atom. The summed E-state index contributed by atoms with van der Waals surface area (Å²) in [5, 5.41) is 2.99. The smallest absolute Gasteiger partial charge is 0.232 e. The molecule has 2 rings (SSSR count). The van der Waals surface area contributed by atoms with Gasteiger partial charge in [-0.05, 0) is 38.6 Å². The van der Waals surface area contributed by atoms with Crippen molar-refractivity contribution in [2.75, 3.05) is 37.3 Å². The summed E-state index contributed by atoms with van der Waals surface area (Å²) in [5.74, 6) is 1.34. The average molecular weight is 300 g/mol. The van der Waals surface area contributed by atoms with Crippen LogP contribution in [0.4, 0.5) is 5.69 Å². The van der Waals surface area contributed by atoms with Crippen LogP contribution in [0, 0.1) is 0 Å². The second kappa shape index (κ2) is 6.81. The highest BCUT2D eigenvalue weighted by Gasteiger charge is 2.15. The van der Waals surface area contributed by atoms with Gasteiger partial charge in [-0.15, -0.1) is 0 Å². The van der Waals surface area contributed by atoms with E-state index in [1.165, 1.54) is 0 Å². The summed E-state index contributed by atoms with van der Waals surface area (Å²) >= 11 is 0. The molecule has 20 heavy (non-hydrogen) atoms. The third-order valence-electron chi connectivity index (χ3n) is 2.91. The quantitative estimate of drug-likeness (QED) is 0.740. The number of benzene rings is 1. The van der Waals surface area contributed by atoms with Gasteiger partial charge in [0.15, 0.2) is 11.5 Å². The van der Waals surface area contributed by atoms with Crippen molar-refractivity contribution >= 4 is 15.7 Å². The van der Waals surface area contributed by atoms with Crippen LogP contribution in [0.5, 0.6) is 11.5 Å². The summed E-state index contributed by atoms with van der Waals surface area (Å²) in [6.45, 7) is 1.82. The van der Waals surface area contributed by atoms with Crippen LogP contribution in [-0.2, 0) is 10.0 Å². The lowest BCUT2D eigenvalue weighted by molar-refractivity contribution is 0.171. The van der Waals surface area contributed by atoms with Gasteiger partial charge in [0.2, 0.25) is 10.0 Å². The Labute approximate surface area is 119 Å². The minimum atomic E-state index is -3.32. The Bertz CT molecular complexity index is 545. The molecule has 0 unspecified atom stereocenters. The van der Waals surface area contributed by atoms with E-state index < -0.39 is 10.0 Å². The van der Waals surface area contributed by atoms with Crippen molar-refractivity contribution in [1.29, 1.82) is 0 Å². The Kier molecular flexibility index (Phi) is 5.08. The van der Waals surface area contributed by atoms with Crippen LogP contribution < -0.4 is 19.5 Å². The molecule has 0 saturated carbocycles. The Balaban J connectivity index is 1.95. The van der Waals surface area contributed by atoms with E-state index in [-0.39, 0.29) is 5.75 Å². The number of nitrogens with one attached hydrogen (secondary N) is 2. The molecular formula is C13H20N2O4S. The van der Waals surface area contributed by atoms with Crippen molar-refractivity contribution in [2.24, 2.45) is 0 Å². The molecule has 1 aromatic rings. The van der Waals surface area contributed by atoms with Gasteiger partial charge < -0.3 is 14.8 Å². The van der Waals surface area contributed by atoms with Crippen LogP contribution in [0.1, 0.15) is 12.8 Å². The standard InChI is InChI=1S/C13H20N2O4S/c1-14-6-2-3-9-20(16,17)15-11-4-5-12-13(10-11)19-8-7-18-12/h4-5,10,14-15H,2-3,6-9H2,1H3. The molecule has 2 N–H and O–H groups in total. The monoisotopic (exact) mass is 300 g/mol. The predicted octanol–water partition coefficient (Wildman–Crippen LogP) is 1.20. The van der Waals surface area contributed by atoms with E-state index in [1.807, 2.05) is 7.05 Å². The number of anilines is 1. The highest BCUT2D eigenvalue weighted by molar-refractivity contribution is 7.92. The van der Waals surface area contributed by atoms with Gasteiger partial charge in [0.05, 0.1) is 11.4 Å². The zero-order chi connectivity index (χ0) is 14.4. The number of ether oxygens (including phenoxy) is 2. The van der Waals surface area contributed by atoms with Crippen molar-refractivity contribution in [3.8, 4) is 11.5 Å². The van der Waals surface area contributed by atoms with Crippen LogP contribution in [0.15, 0.2) is 18.2 Å². The van der Waals surface area contributed by atoms with Gasteiger partial charge in [-0.1, -0.05) is 0 Å². The van der Waals surface area contributed by atoms with Crippen molar-refractivity contribution in [3.05, 3.63) is 18.2 Å². The Morgan fingerprint density at radius 3 is 2.65 bits per heavy atom. The summed E-state index contributed by atoms with van der Waals surface area (Å²) in [5.41, 5.74) is 0.503. The number of rotatable bonds is 7. The number of unbranched alkanes of at least 4 members (excludes halogenated alkanes) is 1. The van der Waals surface area contributed by atoms with E-state index in [0.717, 1.165) is 13.0 Å². The van der Waals surface area contributed by atoms with E-state index in [0.29, 0.717) is 36.8 Å². The zero-order valence-corrected chi connectivity index (χ0v) is 12.3. The van der Waals surface area contributed by atoms with Crippen LogP contribution in [0.25, 0.3) is 0 Å². The first-order valence-corrected chi connectivity index (χ1v) is 8.31. The number of hydrogen-bond donors (Lipinski definition) is 2. The second-order valence-corrected chi connectivity index (χ2v) is 6.43. The maximum Gasteiger partial charge on any atom is 0.232 e. The van der Waals surface area contributed by atoms with Gasteiger partial charge in [-0.25, -0.2) is 8.42 Å². The number of hydrogen-bond acceptors (Lipinski definition) is 5. The van der Waals surface area contributed by atoms with Crippen LogP contribution in [-0.4, -0.2) is 41.0 Å². The first-order chi connectivity index (χ1) is 9.61. The highest BCUT2D eigenvalue weighted by Crippen LogP contribution is 2.32. The molecule has 6 nitrogen and oxygen atoms in total. The van der Waals surface area contributed by atoms with E-state index in [2.05, 4.69) is 10.0 Å². The van der Waals surface area contributed by atoms with Crippen molar-refractivity contribution in [1.82, 2.24) is 5.32 Å². The maximum atomic E-state index is 11.9. The third-order valence-corrected chi connectivity index (χ3v) is 4.28. The third kappa shape index (κ3) is 4.28. The number of sulfonamides is 1. The number of fused-ring (bicyclic) bond motifs is 1. The molecule has 0 amide bonds. The molecule has 1 aromatic carbocycles. The fourth-order valence-electron chi connectivity index (χ4n) is 1.93. The zero-order valence-electron chi connectivity index (χ0n) is 11.5. The average Bonchev–Trinajstić information content (AvgIpc) is 2.43. The molecule has 0 aromatic heterocycles. The van der Waals surface area contributed by atoms with E-state index in [4.69, 9.17) is 9.47 Å². The molecule has 0 saturated heterocycles. The molecule has 112 valence electrons. The van der Waals surface area contributed by atoms with Crippen LogP contribution in [0.2, 0.25) is 0 Å². The maximum absolute atomic E-state index is 11.9. The fraction of sp³-hybridized carbons (Fsp3) is 0.538. The lowest BCUT2D eigenvalue weighted by Crippen LogP contribution is -2.19. The first-order valence-electron chi connectivity index (χ1n) is 6.65. The van der Waals surface area contributed by atoms with Gasteiger partial charge in [0, 0.05) is 6.07 Å². The molecule has 0 atom stereocenters. The first kappa shape index (κ1) is 14.9. The molecule has 0 spiro atoms. The molecular weight excluding hydrogens is 280 g/mol. The van der Waals surface area contributed by atoms with E-state index in [9.17, 15) is 8.42 Å². The van der Waals surface area contributed by atoms with E-state index >= 15 is 0 Å². The van der Waals surface area contributed by atoms with E-state index in [1.54, 1.807) is 18.2 Å². The summed E-state index contributed by atoms with van der Waals surface area (Å²) in [6.07, 6.45) is 1.46. The highest BCUT2D eigenvalue weighted by atomic mass is 32.2. The Morgan fingerprint density at radius 2 is 1.90 bits per heavy atom. The van der Waals surface area contributed by atoms with Gasteiger partial charge in [-0.3, -0.25) is 4.72 Å². The minimum Gasteiger partial charge on any atom is -0.486 e. The van der Waals surface area contributed by atoms with Crippen LogP contribution in [0.3, 0.4) is 0 Å². The summed E-state index contributed by atoms with van der Waals surface area (Å²) < 4.78 is 37.2. The largest absolute Gasteiger partial charge is 0.486 e. The second-order valence-electron chi connectivity index (χ2n) is 4.59. The topological polar surface area (TPSA) is 76.7 Å². The SMILES string of the molecule is CNCCCCS(=O)(=O)Nc1ccc2c(c1)OCCO2. The van der Waals surface area contributed by atoms with Gasteiger partial charge in [-0.2, -0.15) is 0 Å². The molecule has 0 radical (unpaired) electrons. The predicted molar refractivity (Wildman–Crippen MR) is 78.0 cm³/mol. The van der Waals surface area contributed by atoms with Crippen LogP contribution >= 0.6 is 0 Å². The van der Waals surface area contributed by atoms with Gasteiger partial charge in [0.25, 0.3) is 0 Å². The molecule has 7 heteroatoms. The molecule has 1 aliphatic heterocycles. The van der Waals surface area contributed by atoms with Gasteiger partial charge >= 0.3 is 0 Å². The molecule has 1 heterocycles. The lowest BCUT2D eigenvalue weighted by Gasteiger charge is -2.19. The van der Waals surface area contributed by atoms with Gasteiger partial charge in [0.1, 0.15) is 13.2 Å². The molecule has 0 fully saturated rings. The summed E-state index contributed by atoms with van der Waals surface area (Å²) in [6, 6.07) is 5.05. The molecule has 0 bridgehead atoms. The molecule has 0 aliphatic carbocycles. The Hall–Kier alpha value is -1.47. The normalized spacial score (nSPS) is 14.1. The summed E-state index contributed by atoms with van der Waals surface area (Å²) in [4.78, 5) is 0. The summed E-state index contributed by atoms with van der Waals surface area (Å²) in [7, 11) is -1.47. The van der Waals surface area contributed by atoms with Crippen molar-refractivity contribution in [2.45, 2.75) is 12.8 Å².